The van der Waals surface area contributed by atoms with E-state index in [4.69, 9.17) is 16.3 Å². The first-order valence-corrected chi connectivity index (χ1v) is 8.69. The monoisotopic (exact) mass is 359 g/mol. The molecule has 3 rings (SSSR count). The van der Waals surface area contributed by atoms with E-state index >= 15 is 0 Å². The number of nitrogens with one attached hydrogen (secondary N) is 1. The van der Waals surface area contributed by atoms with E-state index in [0.717, 1.165) is 31.1 Å². The number of methoxy groups -OCH3 is 1. The van der Waals surface area contributed by atoms with Crippen molar-refractivity contribution in [2.24, 2.45) is 0 Å². The van der Waals surface area contributed by atoms with E-state index in [-0.39, 0.29) is 6.03 Å². The van der Waals surface area contributed by atoms with Crippen LogP contribution in [-0.4, -0.2) is 49.1 Å². The molecule has 132 valence electrons. The number of piperazine rings is 1. The molecule has 6 heteroatoms. The van der Waals surface area contributed by atoms with Crippen LogP contribution in [0.4, 0.5) is 10.5 Å². The summed E-state index contributed by atoms with van der Waals surface area (Å²) in [7, 11) is 1.69. The van der Waals surface area contributed by atoms with Crippen LogP contribution in [0.1, 0.15) is 5.56 Å². The fourth-order valence-corrected chi connectivity index (χ4v) is 3.05. The van der Waals surface area contributed by atoms with Crippen molar-refractivity contribution < 1.29 is 9.53 Å². The molecule has 1 heterocycles. The van der Waals surface area contributed by atoms with Crippen molar-refractivity contribution in [1.29, 1.82) is 0 Å². The van der Waals surface area contributed by atoms with E-state index in [2.05, 4.69) is 16.3 Å². The fraction of sp³-hybridized carbons (Fsp3) is 0.316. The average molecular weight is 360 g/mol. The molecule has 1 saturated heterocycles. The molecule has 1 aliphatic heterocycles. The van der Waals surface area contributed by atoms with Gasteiger partial charge in [0.2, 0.25) is 0 Å². The molecule has 1 fully saturated rings. The lowest BCUT2D eigenvalue weighted by Crippen LogP contribution is -2.49. The second-order valence-corrected chi connectivity index (χ2v) is 6.45. The van der Waals surface area contributed by atoms with Gasteiger partial charge in [0, 0.05) is 49.0 Å². The van der Waals surface area contributed by atoms with E-state index in [1.807, 2.05) is 23.1 Å². The van der Waals surface area contributed by atoms with Gasteiger partial charge in [0.1, 0.15) is 5.75 Å². The zero-order valence-corrected chi connectivity index (χ0v) is 15.0. The fourth-order valence-electron chi connectivity index (χ4n) is 2.92. The summed E-state index contributed by atoms with van der Waals surface area (Å²) in [5.74, 6) is 0.908. The number of anilines is 1. The Kier molecular flexibility index (Phi) is 5.79. The van der Waals surface area contributed by atoms with Gasteiger partial charge in [0.05, 0.1) is 7.11 Å². The molecular formula is C19H22ClN3O2. The van der Waals surface area contributed by atoms with Gasteiger partial charge in [-0.15, -0.1) is 0 Å². The second-order valence-electron chi connectivity index (χ2n) is 6.01. The zero-order valence-electron chi connectivity index (χ0n) is 14.2. The first-order valence-electron chi connectivity index (χ1n) is 8.31. The third kappa shape index (κ3) is 4.65. The molecule has 0 bridgehead atoms. The second kappa shape index (κ2) is 8.23. The van der Waals surface area contributed by atoms with E-state index in [9.17, 15) is 4.79 Å². The Morgan fingerprint density at radius 3 is 2.44 bits per heavy atom. The van der Waals surface area contributed by atoms with Gasteiger partial charge in [-0.2, -0.15) is 0 Å². The number of hydrogen-bond acceptors (Lipinski definition) is 3. The van der Waals surface area contributed by atoms with Crippen molar-refractivity contribution in [2.45, 2.75) is 6.54 Å². The molecule has 25 heavy (non-hydrogen) atoms. The number of carbonyl (C=O) groups excluding carboxylic acids is 1. The van der Waals surface area contributed by atoms with Gasteiger partial charge in [-0.05, 0) is 30.3 Å². The quantitative estimate of drug-likeness (QED) is 0.905. The normalized spacial score (nSPS) is 15.0. The molecule has 1 N–H and O–H groups in total. The maximum Gasteiger partial charge on any atom is 0.321 e. The van der Waals surface area contributed by atoms with Crippen molar-refractivity contribution in [1.82, 2.24) is 9.80 Å². The van der Waals surface area contributed by atoms with Crippen LogP contribution in [0.25, 0.3) is 0 Å². The molecule has 0 radical (unpaired) electrons. The van der Waals surface area contributed by atoms with E-state index in [1.54, 1.807) is 31.4 Å². The number of para-hydroxylation sites is 1. The lowest BCUT2D eigenvalue weighted by atomic mass is 10.1. The number of benzene rings is 2. The molecule has 0 spiro atoms. The maximum absolute atomic E-state index is 12.4. The Balaban J connectivity index is 1.51. The maximum atomic E-state index is 12.4. The highest BCUT2D eigenvalue weighted by Gasteiger charge is 2.21. The summed E-state index contributed by atoms with van der Waals surface area (Å²) in [6.07, 6.45) is 0. The van der Waals surface area contributed by atoms with Gasteiger partial charge in [-0.3, -0.25) is 4.90 Å². The standard InChI is InChI=1S/C19H22ClN3O2/c1-25-18-5-3-2-4-15(18)14-22-10-12-23(13-11-22)19(24)21-17-8-6-16(20)7-9-17/h2-9H,10-14H2,1H3,(H,21,24). The van der Waals surface area contributed by atoms with Crippen molar-refractivity contribution in [3.8, 4) is 5.75 Å². The number of urea groups is 1. The Hall–Kier alpha value is -2.24. The van der Waals surface area contributed by atoms with Crippen LogP contribution in [0.5, 0.6) is 5.75 Å². The smallest absolute Gasteiger partial charge is 0.321 e. The summed E-state index contributed by atoms with van der Waals surface area (Å²) in [6, 6.07) is 15.1. The molecule has 0 atom stereocenters. The summed E-state index contributed by atoms with van der Waals surface area (Å²) >= 11 is 5.86. The van der Waals surface area contributed by atoms with E-state index in [1.165, 1.54) is 5.56 Å². The van der Waals surface area contributed by atoms with Gasteiger partial charge < -0.3 is 15.0 Å². The molecule has 2 amide bonds. The highest BCUT2D eigenvalue weighted by Crippen LogP contribution is 2.20. The van der Waals surface area contributed by atoms with Crippen LogP contribution in [0.15, 0.2) is 48.5 Å². The number of nitrogens with zero attached hydrogens (tertiary/aromatic N) is 2. The van der Waals surface area contributed by atoms with Crippen LogP contribution in [0, 0.1) is 0 Å². The highest BCUT2D eigenvalue weighted by atomic mass is 35.5. The summed E-state index contributed by atoms with van der Waals surface area (Å²) < 4.78 is 5.41. The molecule has 0 aliphatic carbocycles. The Labute approximate surface area is 153 Å². The third-order valence-electron chi connectivity index (χ3n) is 4.34. The summed E-state index contributed by atoms with van der Waals surface area (Å²) in [5, 5.41) is 3.57. The Morgan fingerprint density at radius 1 is 1.08 bits per heavy atom. The SMILES string of the molecule is COc1ccccc1CN1CCN(C(=O)Nc2ccc(Cl)cc2)CC1. The van der Waals surface area contributed by atoms with Gasteiger partial charge in [0.15, 0.2) is 0 Å². The van der Waals surface area contributed by atoms with Gasteiger partial charge >= 0.3 is 6.03 Å². The van der Waals surface area contributed by atoms with Gasteiger partial charge in [-0.1, -0.05) is 29.8 Å². The van der Waals surface area contributed by atoms with Crippen LogP contribution >= 0.6 is 11.6 Å². The molecule has 5 nitrogen and oxygen atoms in total. The molecular weight excluding hydrogens is 338 g/mol. The van der Waals surface area contributed by atoms with E-state index < -0.39 is 0 Å². The van der Waals surface area contributed by atoms with Crippen LogP contribution in [-0.2, 0) is 6.54 Å². The molecule has 0 aromatic heterocycles. The third-order valence-corrected chi connectivity index (χ3v) is 4.59. The Morgan fingerprint density at radius 2 is 1.76 bits per heavy atom. The number of rotatable bonds is 4. The number of amides is 2. The number of ether oxygens (including phenoxy) is 1. The largest absolute Gasteiger partial charge is 0.496 e. The minimum atomic E-state index is -0.0701. The van der Waals surface area contributed by atoms with Gasteiger partial charge in [0.25, 0.3) is 0 Å². The highest BCUT2D eigenvalue weighted by molar-refractivity contribution is 6.30. The van der Waals surface area contributed by atoms with Crippen LogP contribution in [0.2, 0.25) is 5.02 Å². The lowest BCUT2D eigenvalue weighted by Gasteiger charge is -2.34. The van der Waals surface area contributed by atoms with Crippen molar-refractivity contribution in [2.75, 3.05) is 38.6 Å². The first-order chi connectivity index (χ1) is 12.2. The molecule has 2 aromatic rings. The summed E-state index contributed by atoms with van der Waals surface area (Å²) in [5.41, 5.74) is 1.93. The van der Waals surface area contributed by atoms with Crippen molar-refractivity contribution >= 4 is 23.3 Å². The van der Waals surface area contributed by atoms with Crippen LogP contribution in [0.3, 0.4) is 0 Å². The van der Waals surface area contributed by atoms with Gasteiger partial charge in [-0.25, -0.2) is 4.79 Å². The predicted octanol–water partition coefficient (Wildman–Crippen LogP) is 3.70. The molecule has 0 saturated carbocycles. The van der Waals surface area contributed by atoms with Crippen molar-refractivity contribution in [3.63, 3.8) is 0 Å². The minimum absolute atomic E-state index is 0.0701. The molecule has 1 aliphatic rings. The number of halogens is 1. The number of hydrogen-bond donors (Lipinski definition) is 1. The molecule has 2 aromatic carbocycles. The molecule has 0 unspecified atom stereocenters. The summed E-state index contributed by atoms with van der Waals surface area (Å²) in [4.78, 5) is 16.5. The number of carbonyl (C=O) groups is 1. The Bertz CT molecular complexity index is 713. The van der Waals surface area contributed by atoms with E-state index in [0.29, 0.717) is 18.1 Å². The predicted molar refractivity (Wildman–Crippen MR) is 100 cm³/mol. The van der Waals surface area contributed by atoms with Crippen LogP contribution < -0.4 is 10.1 Å². The lowest BCUT2D eigenvalue weighted by molar-refractivity contribution is 0.142. The average Bonchev–Trinajstić information content (AvgIpc) is 2.64. The topological polar surface area (TPSA) is 44.8 Å². The minimum Gasteiger partial charge on any atom is -0.496 e. The summed E-state index contributed by atoms with van der Waals surface area (Å²) in [6.45, 7) is 3.91. The zero-order chi connectivity index (χ0) is 17.6. The first kappa shape index (κ1) is 17.6. The van der Waals surface area contributed by atoms with Crippen molar-refractivity contribution in [3.05, 3.63) is 59.1 Å².